The van der Waals surface area contributed by atoms with Crippen molar-refractivity contribution in [2.24, 2.45) is 4.99 Å². The zero-order valence-electron chi connectivity index (χ0n) is 7.85. The highest BCUT2D eigenvalue weighted by Crippen LogP contribution is 2.20. The number of guanidine groups is 1. The molecule has 2 rings (SSSR count). The average molecular weight is 212 g/mol. The molecule has 1 aliphatic rings. The van der Waals surface area contributed by atoms with Gasteiger partial charge in [-0.1, -0.05) is 0 Å². The van der Waals surface area contributed by atoms with Crippen molar-refractivity contribution in [2.45, 2.75) is 0 Å². The van der Waals surface area contributed by atoms with Gasteiger partial charge in [0.05, 0.1) is 17.9 Å². The van der Waals surface area contributed by atoms with Crippen LogP contribution in [0.1, 0.15) is 0 Å². The fraction of sp³-hybridized carbons (Fsp3) is 0.222. The number of nitrogens with two attached hydrogens (primary N) is 1. The molecule has 80 valence electrons. The van der Waals surface area contributed by atoms with Crippen LogP contribution in [0.25, 0.3) is 0 Å². The van der Waals surface area contributed by atoms with Crippen molar-refractivity contribution in [3.8, 4) is 0 Å². The van der Waals surface area contributed by atoms with Crippen LogP contribution in [0, 0.1) is 11.6 Å². The molecule has 0 aromatic heterocycles. The first-order valence-corrected chi connectivity index (χ1v) is 4.46. The fourth-order valence-electron chi connectivity index (χ4n) is 1.27. The Morgan fingerprint density at radius 1 is 1.33 bits per heavy atom. The molecule has 0 aliphatic carbocycles. The molecule has 0 amide bonds. The van der Waals surface area contributed by atoms with Gasteiger partial charge < -0.3 is 16.4 Å². The first kappa shape index (κ1) is 9.70. The molecule has 0 unspecified atom stereocenters. The molecule has 15 heavy (non-hydrogen) atoms. The number of nitrogens with zero attached hydrogens (tertiary/aromatic N) is 1. The van der Waals surface area contributed by atoms with Gasteiger partial charge in [0.2, 0.25) is 0 Å². The Balaban J connectivity index is 2.24. The quantitative estimate of drug-likeness (QED) is 0.606. The highest BCUT2D eigenvalue weighted by Gasteiger charge is 2.11. The van der Waals surface area contributed by atoms with Crippen LogP contribution in [0.2, 0.25) is 0 Å². The molecule has 0 bridgehead atoms. The number of benzene rings is 1. The van der Waals surface area contributed by atoms with Crippen LogP contribution in [-0.2, 0) is 0 Å². The lowest BCUT2D eigenvalue weighted by molar-refractivity contribution is 0.589. The molecule has 0 radical (unpaired) electrons. The third-order valence-electron chi connectivity index (χ3n) is 2.01. The summed E-state index contributed by atoms with van der Waals surface area (Å²) in [6.07, 6.45) is 0. The Bertz CT molecular complexity index is 417. The smallest absolute Gasteiger partial charge is 0.196 e. The summed E-state index contributed by atoms with van der Waals surface area (Å²) in [5.74, 6) is -0.989. The van der Waals surface area contributed by atoms with E-state index in [1.807, 2.05) is 0 Å². The van der Waals surface area contributed by atoms with E-state index in [1.54, 1.807) is 0 Å². The van der Waals surface area contributed by atoms with E-state index in [-0.39, 0.29) is 11.4 Å². The van der Waals surface area contributed by atoms with Gasteiger partial charge >= 0.3 is 0 Å². The minimum absolute atomic E-state index is 0.0995. The molecular weight excluding hydrogens is 202 g/mol. The van der Waals surface area contributed by atoms with E-state index in [0.29, 0.717) is 19.0 Å². The van der Waals surface area contributed by atoms with Crippen LogP contribution in [0.3, 0.4) is 0 Å². The molecule has 4 nitrogen and oxygen atoms in total. The maximum absolute atomic E-state index is 13.2. The largest absolute Gasteiger partial charge is 0.396 e. The van der Waals surface area contributed by atoms with E-state index in [2.05, 4.69) is 15.6 Å². The van der Waals surface area contributed by atoms with E-state index in [4.69, 9.17) is 5.73 Å². The maximum atomic E-state index is 13.2. The Hall–Kier alpha value is -1.85. The van der Waals surface area contributed by atoms with E-state index in [0.717, 1.165) is 6.07 Å². The van der Waals surface area contributed by atoms with Gasteiger partial charge in [0.1, 0.15) is 11.6 Å². The van der Waals surface area contributed by atoms with Crippen LogP contribution in [0.5, 0.6) is 0 Å². The molecule has 0 saturated heterocycles. The lowest BCUT2D eigenvalue weighted by Crippen LogP contribution is -2.26. The minimum Gasteiger partial charge on any atom is -0.396 e. The standard InChI is InChI=1S/C9H10F2N4/c10-5-3-6(11)8(4-7(5)12)15-9-13-1-2-14-9/h3-4H,1-2,12H2,(H2,13,14,15). The van der Waals surface area contributed by atoms with Crippen molar-refractivity contribution >= 4 is 17.3 Å². The van der Waals surface area contributed by atoms with Crippen molar-refractivity contribution in [2.75, 3.05) is 24.1 Å². The molecule has 1 aromatic rings. The second-order valence-corrected chi connectivity index (χ2v) is 3.14. The van der Waals surface area contributed by atoms with Crippen LogP contribution >= 0.6 is 0 Å². The number of rotatable bonds is 1. The highest BCUT2D eigenvalue weighted by atomic mass is 19.1. The lowest BCUT2D eigenvalue weighted by atomic mass is 10.2. The summed E-state index contributed by atoms with van der Waals surface area (Å²) in [6.45, 7) is 1.35. The van der Waals surface area contributed by atoms with Crippen LogP contribution in [0.15, 0.2) is 17.1 Å². The second kappa shape index (κ2) is 3.72. The van der Waals surface area contributed by atoms with Crippen LogP contribution in [0.4, 0.5) is 20.2 Å². The van der Waals surface area contributed by atoms with Crippen molar-refractivity contribution in [1.29, 1.82) is 0 Å². The van der Waals surface area contributed by atoms with Crippen LogP contribution < -0.4 is 16.4 Å². The van der Waals surface area contributed by atoms with Crippen molar-refractivity contribution in [1.82, 2.24) is 5.32 Å². The molecule has 6 heteroatoms. The number of anilines is 2. The predicted molar refractivity (Wildman–Crippen MR) is 54.7 cm³/mol. The lowest BCUT2D eigenvalue weighted by Gasteiger charge is -2.08. The van der Waals surface area contributed by atoms with E-state index in [1.165, 1.54) is 6.07 Å². The number of hydrogen-bond acceptors (Lipinski definition) is 4. The second-order valence-electron chi connectivity index (χ2n) is 3.14. The number of nitrogens with one attached hydrogen (secondary N) is 2. The summed E-state index contributed by atoms with van der Waals surface area (Å²) in [5, 5.41) is 5.60. The number of nitrogen functional groups attached to an aromatic ring is 1. The zero-order chi connectivity index (χ0) is 10.8. The molecule has 0 saturated carbocycles. The van der Waals surface area contributed by atoms with Gasteiger partial charge in [-0.25, -0.2) is 8.78 Å². The molecule has 1 aliphatic heterocycles. The molecule has 0 atom stereocenters. The highest BCUT2D eigenvalue weighted by molar-refractivity contribution is 5.95. The normalized spacial score (nSPS) is 14.7. The van der Waals surface area contributed by atoms with Gasteiger partial charge in [-0.3, -0.25) is 4.99 Å². The summed E-state index contributed by atoms with van der Waals surface area (Å²) in [7, 11) is 0. The average Bonchev–Trinajstić information content (AvgIpc) is 2.67. The summed E-state index contributed by atoms with van der Waals surface area (Å²) in [6, 6.07) is 1.94. The van der Waals surface area contributed by atoms with Gasteiger partial charge in [-0.05, 0) is 6.07 Å². The third-order valence-corrected chi connectivity index (χ3v) is 2.01. The molecule has 0 fully saturated rings. The molecule has 1 aromatic carbocycles. The van der Waals surface area contributed by atoms with Gasteiger partial charge in [0.15, 0.2) is 5.96 Å². The fourth-order valence-corrected chi connectivity index (χ4v) is 1.27. The number of halogens is 2. The Morgan fingerprint density at radius 3 is 2.80 bits per heavy atom. The molecular formula is C9H10F2N4. The SMILES string of the molecule is Nc1cc(NC2=NCCN2)c(F)cc1F. The topological polar surface area (TPSA) is 62.4 Å². The van der Waals surface area contributed by atoms with Gasteiger partial charge in [-0.2, -0.15) is 0 Å². The maximum Gasteiger partial charge on any atom is 0.196 e. The van der Waals surface area contributed by atoms with E-state index < -0.39 is 11.6 Å². The van der Waals surface area contributed by atoms with Crippen molar-refractivity contribution in [3.05, 3.63) is 23.8 Å². The molecule has 0 spiro atoms. The third kappa shape index (κ3) is 1.98. The summed E-state index contributed by atoms with van der Waals surface area (Å²) >= 11 is 0. The predicted octanol–water partition coefficient (Wildman–Crippen LogP) is 0.918. The monoisotopic (exact) mass is 212 g/mol. The number of hydrogen-bond donors (Lipinski definition) is 3. The first-order valence-electron chi connectivity index (χ1n) is 4.46. The van der Waals surface area contributed by atoms with Gasteiger partial charge in [-0.15, -0.1) is 0 Å². The Labute approximate surface area is 85.2 Å². The summed E-state index contributed by atoms with van der Waals surface area (Å²) in [5.41, 5.74) is 5.34. The van der Waals surface area contributed by atoms with Crippen molar-refractivity contribution in [3.63, 3.8) is 0 Å². The Morgan fingerprint density at radius 2 is 2.13 bits per heavy atom. The Kier molecular flexibility index (Phi) is 2.40. The zero-order valence-corrected chi connectivity index (χ0v) is 7.85. The van der Waals surface area contributed by atoms with Crippen LogP contribution in [-0.4, -0.2) is 19.0 Å². The summed E-state index contributed by atoms with van der Waals surface area (Å²) < 4.78 is 26.1. The molecule has 1 heterocycles. The van der Waals surface area contributed by atoms with E-state index >= 15 is 0 Å². The number of aliphatic imine (C=N–C) groups is 1. The van der Waals surface area contributed by atoms with Crippen molar-refractivity contribution < 1.29 is 8.78 Å². The summed E-state index contributed by atoms with van der Waals surface area (Å²) in [4.78, 5) is 4.02. The van der Waals surface area contributed by atoms with Gasteiger partial charge in [0, 0.05) is 12.6 Å². The van der Waals surface area contributed by atoms with E-state index in [9.17, 15) is 8.78 Å². The molecule has 4 N–H and O–H groups in total. The first-order chi connectivity index (χ1) is 7.16. The van der Waals surface area contributed by atoms with Gasteiger partial charge in [0.25, 0.3) is 0 Å². The minimum atomic E-state index is -0.764.